The number of hydrogen-bond donors (Lipinski definition) is 1. The second-order valence-corrected chi connectivity index (χ2v) is 5.54. The summed E-state index contributed by atoms with van der Waals surface area (Å²) in [6.07, 6.45) is 6.01. The molecule has 0 heterocycles. The number of aliphatic hydroxyl groups excluding tert-OH is 1. The first kappa shape index (κ1) is 12.6. The second kappa shape index (κ2) is 5.68. The smallest absolute Gasteiger partial charge is 0.0818 e. The topological polar surface area (TPSA) is 20.2 Å². The summed E-state index contributed by atoms with van der Waals surface area (Å²) in [5, 5.41) is 10.4. The van der Waals surface area contributed by atoms with Crippen molar-refractivity contribution in [2.24, 2.45) is 11.8 Å². The Kier molecular flexibility index (Phi) is 4.22. The average Bonchev–Trinajstić information content (AvgIpc) is 2.39. The first-order valence-electron chi connectivity index (χ1n) is 6.95. The third-order valence-corrected chi connectivity index (χ3v) is 4.33. The van der Waals surface area contributed by atoms with Crippen molar-refractivity contribution in [2.75, 3.05) is 0 Å². The van der Waals surface area contributed by atoms with E-state index in [-0.39, 0.29) is 6.10 Å². The molecule has 1 heteroatoms. The van der Waals surface area contributed by atoms with E-state index < -0.39 is 0 Å². The Hall–Kier alpha value is -0.820. The Balaban J connectivity index is 1.96. The highest BCUT2D eigenvalue weighted by Crippen LogP contribution is 2.37. The summed E-state index contributed by atoms with van der Waals surface area (Å²) >= 11 is 0. The van der Waals surface area contributed by atoms with Gasteiger partial charge in [0, 0.05) is 0 Å². The van der Waals surface area contributed by atoms with E-state index in [9.17, 15) is 5.11 Å². The minimum absolute atomic E-state index is 0.256. The fourth-order valence-corrected chi connectivity index (χ4v) is 2.95. The summed E-state index contributed by atoms with van der Waals surface area (Å²) in [7, 11) is 0. The van der Waals surface area contributed by atoms with Crippen molar-refractivity contribution in [3.63, 3.8) is 0 Å². The summed E-state index contributed by atoms with van der Waals surface area (Å²) in [6.45, 7) is 4.37. The van der Waals surface area contributed by atoms with Crippen molar-refractivity contribution in [3.8, 4) is 0 Å². The Bertz CT molecular complexity index is 333. The minimum atomic E-state index is -0.256. The van der Waals surface area contributed by atoms with Crippen LogP contribution in [0.25, 0.3) is 0 Å². The maximum absolute atomic E-state index is 10.4. The van der Waals surface area contributed by atoms with Gasteiger partial charge in [-0.1, -0.05) is 56.0 Å². The van der Waals surface area contributed by atoms with Gasteiger partial charge in [0.15, 0.2) is 0 Å². The molecule has 0 bridgehead atoms. The van der Waals surface area contributed by atoms with Crippen LogP contribution < -0.4 is 0 Å². The van der Waals surface area contributed by atoms with Crippen LogP contribution in [0.2, 0.25) is 0 Å². The Labute approximate surface area is 105 Å². The molecular weight excluding hydrogens is 208 g/mol. The molecule has 1 aliphatic carbocycles. The van der Waals surface area contributed by atoms with Gasteiger partial charge in [-0.2, -0.15) is 0 Å². The number of benzene rings is 1. The van der Waals surface area contributed by atoms with Gasteiger partial charge in [0.05, 0.1) is 6.10 Å². The molecule has 94 valence electrons. The lowest BCUT2D eigenvalue weighted by Gasteiger charge is -2.31. The van der Waals surface area contributed by atoms with Crippen LogP contribution in [0.15, 0.2) is 24.3 Å². The molecule has 1 nitrogen and oxygen atoms in total. The fraction of sp³-hybridized carbons (Fsp3) is 0.625. The zero-order valence-corrected chi connectivity index (χ0v) is 11.0. The lowest BCUT2D eigenvalue weighted by atomic mass is 9.77. The number of aryl methyl sites for hydroxylation is 1. The summed E-state index contributed by atoms with van der Waals surface area (Å²) in [4.78, 5) is 0. The van der Waals surface area contributed by atoms with Gasteiger partial charge in [-0.15, -0.1) is 0 Å². The van der Waals surface area contributed by atoms with Crippen LogP contribution in [0, 0.1) is 18.8 Å². The molecule has 1 aromatic carbocycles. The zero-order chi connectivity index (χ0) is 12.3. The van der Waals surface area contributed by atoms with Crippen LogP contribution >= 0.6 is 0 Å². The Morgan fingerprint density at radius 2 is 1.71 bits per heavy atom. The van der Waals surface area contributed by atoms with Crippen LogP contribution in [0.1, 0.15) is 56.3 Å². The normalized spacial score (nSPS) is 26.8. The lowest BCUT2D eigenvalue weighted by molar-refractivity contribution is 0.0729. The maximum Gasteiger partial charge on any atom is 0.0818 e. The van der Waals surface area contributed by atoms with Crippen LogP contribution in [0.4, 0.5) is 0 Å². The van der Waals surface area contributed by atoms with Crippen LogP contribution in [-0.4, -0.2) is 5.11 Å². The van der Waals surface area contributed by atoms with Crippen LogP contribution in [0.5, 0.6) is 0 Å². The molecule has 0 spiro atoms. The molecular formula is C16H24O. The largest absolute Gasteiger partial charge is 0.388 e. The van der Waals surface area contributed by atoms with E-state index in [1.807, 2.05) is 0 Å². The Morgan fingerprint density at radius 1 is 1.12 bits per heavy atom. The van der Waals surface area contributed by atoms with E-state index >= 15 is 0 Å². The summed E-state index contributed by atoms with van der Waals surface area (Å²) in [6, 6.07) is 8.34. The molecule has 0 amide bonds. The number of rotatable bonds is 3. The van der Waals surface area contributed by atoms with E-state index in [2.05, 4.69) is 38.1 Å². The van der Waals surface area contributed by atoms with E-state index in [0.717, 1.165) is 11.5 Å². The third kappa shape index (κ3) is 3.10. The second-order valence-electron chi connectivity index (χ2n) is 5.54. The first-order valence-corrected chi connectivity index (χ1v) is 6.95. The predicted molar refractivity (Wildman–Crippen MR) is 71.9 cm³/mol. The summed E-state index contributed by atoms with van der Waals surface area (Å²) in [5.74, 6) is 1.37. The fourth-order valence-electron chi connectivity index (χ4n) is 2.95. The zero-order valence-electron chi connectivity index (χ0n) is 11.0. The van der Waals surface area contributed by atoms with Crippen molar-refractivity contribution < 1.29 is 5.11 Å². The van der Waals surface area contributed by atoms with E-state index in [1.54, 1.807) is 0 Å². The molecule has 0 aliphatic heterocycles. The van der Waals surface area contributed by atoms with Crippen molar-refractivity contribution in [2.45, 2.75) is 52.1 Å². The summed E-state index contributed by atoms with van der Waals surface area (Å²) in [5.41, 5.74) is 2.35. The van der Waals surface area contributed by atoms with Crippen molar-refractivity contribution >= 4 is 0 Å². The van der Waals surface area contributed by atoms with E-state index in [4.69, 9.17) is 0 Å². The quantitative estimate of drug-likeness (QED) is 0.826. The van der Waals surface area contributed by atoms with Gasteiger partial charge < -0.3 is 5.11 Å². The van der Waals surface area contributed by atoms with Crippen LogP contribution in [0.3, 0.4) is 0 Å². The standard InChI is InChI=1S/C16H24O/c1-3-13-6-10-15(11-7-13)16(17)14-8-4-12(2)5-9-14/h4-5,8-9,13,15-17H,3,6-7,10-11H2,1-2H3. The first-order chi connectivity index (χ1) is 8.20. The van der Waals surface area contributed by atoms with Gasteiger partial charge in [-0.05, 0) is 37.2 Å². The molecule has 1 aromatic rings. The minimum Gasteiger partial charge on any atom is -0.388 e. The number of aliphatic hydroxyl groups is 1. The maximum atomic E-state index is 10.4. The molecule has 2 rings (SSSR count). The van der Waals surface area contributed by atoms with E-state index in [1.165, 1.54) is 37.7 Å². The SMILES string of the molecule is CCC1CCC(C(O)c2ccc(C)cc2)CC1. The molecule has 0 radical (unpaired) electrons. The monoisotopic (exact) mass is 232 g/mol. The average molecular weight is 232 g/mol. The molecule has 1 unspecified atom stereocenters. The molecule has 1 atom stereocenters. The molecule has 0 saturated heterocycles. The molecule has 1 fully saturated rings. The van der Waals surface area contributed by atoms with E-state index in [0.29, 0.717) is 5.92 Å². The predicted octanol–water partition coefficient (Wildman–Crippen LogP) is 4.24. The highest BCUT2D eigenvalue weighted by atomic mass is 16.3. The summed E-state index contributed by atoms with van der Waals surface area (Å²) < 4.78 is 0. The van der Waals surface area contributed by atoms with Gasteiger partial charge in [0.25, 0.3) is 0 Å². The molecule has 17 heavy (non-hydrogen) atoms. The third-order valence-electron chi connectivity index (χ3n) is 4.33. The highest BCUT2D eigenvalue weighted by molar-refractivity contribution is 5.23. The lowest BCUT2D eigenvalue weighted by Crippen LogP contribution is -2.20. The van der Waals surface area contributed by atoms with Gasteiger partial charge in [-0.25, -0.2) is 0 Å². The number of hydrogen-bond acceptors (Lipinski definition) is 1. The van der Waals surface area contributed by atoms with Crippen LogP contribution in [-0.2, 0) is 0 Å². The van der Waals surface area contributed by atoms with Gasteiger partial charge in [0.1, 0.15) is 0 Å². The Morgan fingerprint density at radius 3 is 2.24 bits per heavy atom. The van der Waals surface area contributed by atoms with Gasteiger partial charge in [-0.3, -0.25) is 0 Å². The molecule has 1 aliphatic rings. The van der Waals surface area contributed by atoms with Crippen molar-refractivity contribution in [1.29, 1.82) is 0 Å². The molecule has 0 aromatic heterocycles. The molecule has 1 N–H and O–H groups in total. The van der Waals surface area contributed by atoms with Crippen molar-refractivity contribution in [3.05, 3.63) is 35.4 Å². The van der Waals surface area contributed by atoms with Crippen molar-refractivity contribution in [1.82, 2.24) is 0 Å². The van der Waals surface area contributed by atoms with Gasteiger partial charge in [0.2, 0.25) is 0 Å². The molecule has 1 saturated carbocycles. The highest BCUT2D eigenvalue weighted by Gasteiger charge is 2.26. The van der Waals surface area contributed by atoms with Gasteiger partial charge >= 0.3 is 0 Å².